The van der Waals surface area contributed by atoms with Crippen molar-refractivity contribution in [2.45, 2.75) is 0 Å². The van der Waals surface area contributed by atoms with Gasteiger partial charge in [0.25, 0.3) is 0 Å². The predicted molar refractivity (Wildman–Crippen MR) is 207 cm³/mol. The van der Waals surface area contributed by atoms with Gasteiger partial charge in [0.15, 0.2) is 23.1 Å². The van der Waals surface area contributed by atoms with Gasteiger partial charge in [0.05, 0.1) is 0 Å². The van der Waals surface area contributed by atoms with Crippen molar-refractivity contribution in [2.75, 3.05) is 0 Å². The zero-order valence-electron chi connectivity index (χ0n) is 27.4. The van der Waals surface area contributed by atoms with Gasteiger partial charge < -0.3 is 4.42 Å². The number of hydrogen-bond donors (Lipinski definition) is 0. The average Bonchev–Trinajstić information content (AvgIpc) is 3.66. The fourth-order valence-electron chi connectivity index (χ4n) is 6.92. The van der Waals surface area contributed by atoms with Gasteiger partial charge >= 0.3 is 0 Å². The number of nitrogens with zero attached hydrogens (tertiary/aromatic N) is 4. The Balaban J connectivity index is 1.09. The zero-order valence-corrected chi connectivity index (χ0v) is 27.4. The molecule has 0 aliphatic rings. The van der Waals surface area contributed by atoms with Crippen molar-refractivity contribution in [3.8, 4) is 56.7 Å². The van der Waals surface area contributed by atoms with Crippen LogP contribution in [0.1, 0.15) is 0 Å². The van der Waals surface area contributed by atoms with E-state index < -0.39 is 0 Å². The third-order valence-electron chi connectivity index (χ3n) is 9.52. The second-order valence-electron chi connectivity index (χ2n) is 12.7. The van der Waals surface area contributed by atoms with Gasteiger partial charge in [-0.05, 0) is 68.4 Å². The highest BCUT2D eigenvalue weighted by Crippen LogP contribution is 2.37. The third kappa shape index (κ3) is 5.20. The summed E-state index contributed by atoms with van der Waals surface area (Å²) in [7, 11) is 0. The van der Waals surface area contributed by atoms with Crippen molar-refractivity contribution in [2.24, 2.45) is 0 Å². The van der Waals surface area contributed by atoms with Crippen LogP contribution in [0.3, 0.4) is 0 Å². The molecule has 0 unspecified atom stereocenters. The molecule has 10 rings (SSSR count). The highest BCUT2D eigenvalue weighted by molar-refractivity contribution is 6.11. The lowest BCUT2D eigenvalue weighted by atomic mass is 9.96. The van der Waals surface area contributed by atoms with Gasteiger partial charge in [-0.3, -0.25) is 0 Å². The minimum Gasteiger partial charge on any atom is -0.435 e. The maximum absolute atomic E-state index is 6.45. The highest BCUT2D eigenvalue weighted by Gasteiger charge is 2.17. The number of fused-ring (bicyclic) bond motifs is 5. The monoisotopic (exact) mass is 652 g/mol. The summed E-state index contributed by atoms with van der Waals surface area (Å²) in [6.45, 7) is 0. The van der Waals surface area contributed by atoms with Crippen LogP contribution in [0.2, 0.25) is 0 Å². The molecule has 0 fully saturated rings. The largest absolute Gasteiger partial charge is 0.435 e. The molecule has 0 amide bonds. The highest BCUT2D eigenvalue weighted by atomic mass is 16.3. The van der Waals surface area contributed by atoms with Crippen LogP contribution in [-0.4, -0.2) is 19.9 Å². The summed E-state index contributed by atoms with van der Waals surface area (Å²) in [5.41, 5.74) is 7.49. The van der Waals surface area contributed by atoms with Crippen molar-refractivity contribution in [1.82, 2.24) is 19.9 Å². The maximum Gasteiger partial charge on any atom is 0.227 e. The average molecular weight is 653 g/mol. The first kappa shape index (κ1) is 29.0. The van der Waals surface area contributed by atoms with Gasteiger partial charge in [-0.25, -0.2) is 19.9 Å². The van der Waals surface area contributed by atoms with Crippen molar-refractivity contribution in [1.29, 1.82) is 0 Å². The van der Waals surface area contributed by atoms with Crippen LogP contribution >= 0.6 is 0 Å². The molecule has 51 heavy (non-hydrogen) atoms. The van der Waals surface area contributed by atoms with Gasteiger partial charge in [0.1, 0.15) is 5.52 Å². The summed E-state index contributed by atoms with van der Waals surface area (Å²) in [6.07, 6.45) is 0. The fourth-order valence-corrected chi connectivity index (χ4v) is 6.92. The number of oxazole rings is 1. The van der Waals surface area contributed by atoms with E-state index >= 15 is 0 Å². The standard InChI is InChI=1S/C46H28N4O/c1-2-11-34(12-3-1)46-47-40-26-25-32-15-8-16-39(41(32)42(40)51-46)31-19-21-33(22-20-31)43-48-44(37-23-17-29-9-4-6-13-35(29)27-37)50-45(49-43)38-24-18-30-10-5-7-14-36(30)28-38/h1-28H. The van der Waals surface area contributed by atoms with E-state index in [1.54, 1.807) is 0 Å². The molecule has 8 aromatic carbocycles. The molecule has 2 heterocycles. The topological polar surface area (TPSA) is 64.7 Å². The summed E-state index contributed by atoms with van der Waals surface area (Å²) >= 11 is 0. The van der Waals surface area contributed by atoms with E-state index in [9.17, 15) is 0 Å². The Labute approximate surface area is 293 Å². The van der Waals surface area contributed by atoms with Gasteiger partial charge in [-0.15, -0.1) is 0 Å². The minimum absolute atomic E-state index is 0.613. The summed E-state index contributed by atoms with van der Waals surface area (Å²) in [5, 5.41) is 6.76. The molecule has 0 atom stereocenters. The second-order valence-corrected chi connectivity index (χ2v) is 12.7. The third-order valence-corrected chi connectivity index (χ3v) is 9.52. The lowest BCUT2D eigenvalue weighted by Gasteiger charge is -2.11. The molecular formula is C46H28N4O. The Kier molecular flexibility index (Phi) is 6.74. The first-order valence-electron chi connectivity index (χ1n) is 17.0. The molecule has 0 saturated carbocycles. The van der Waals surface area contributed by atoms with E-state index in [1.807, 2.05) is 36.4 Å². The lowest BCUT2D eigenvalue weighted by Crippen LogP contribution is -2.00. The number of hydrogen-bond acceptors (Lipinski definition) is 5. The Hall–Kier alpha value is -6.98. The van der Waals surface area contributed by atoms with Crippen molar-refractivity contribution >= 4 is 43.4 Å². The van der Waals surface area contributed by atoms with Crippen LogP contribution in [-0.2, 0) is 0 Å². The van der Waals surface area contributed by atoms with Crippen LogP contribution in [0.5, 0.6) is 0 Å². The molecule has 0 spiro atoms. The first-order valence-corrected chi connectivity index (χ1v) is 17.0. The van der Waals surface area contributed by atoms with Crippen LogP contribution in [0.25, 0.3) is 100 Å². The Bertz CT molecular complexity index is 2820. The van der Waals surface area contributed by atoms with Gasteiger partial charge in [-0.2, -0.15) is 0 Å². The molecule has 0 N–H and O–H groups in total. The van der Waals surface area contributed by atoms with E-state index in [2.05, 4.69) is 133 Å². The van der Waals surface area contributed by atoms with E-state index in [-0.39, 0.29) is 0 Å². The number of aromatic nitrogens is 4. The zero-order chi connectivity index (χ0) is 33.7. The van der Waals surface area contributed by atoms with Crippen molar-refractivity contribution in [3.63, 3.8) is 0 Å². The summed E-state index contributed by atoms with van der Waals surface area (Å²) < 4.78 is 6.45. The molecule has 10 aromatic rings. The molecular weight excluding hydrogens is 625 g/mol. The summed E-state index contributed by atoms with van der Waals surface area (Å²) in [5.74, 6) is 2.50. The van der Waals surface area contributed by atoms with Gasteiger partial charge in [0, 0.05) is 27.6 Å². The number of rotatable bonds is 5. The Morgan fingerprint density at radius 1 is 0.333 bits per heavy atom. The van der Waals surface area contributed by atoms with Gasteiger partial charge in [0.2, 0.25) is 5.89 Å². The smallest absolute Gasteiger partial charge is 0.227 e. The molecule has 5 nitrogen and oxygen atoms in total. The van der Waals surface area contributed by atoms with E-state index in [4.69, 9.17) is 24.4 Å². The predicted octanol–water partition coefficient (Wildman–Crippen LogP) is 11.8. The van der Waals surface area contributed by atoms with Crippen LogP contribution in [0.4, 0.5) is 0 Å². The molecule has 0 aliphatic carbocycles. The molecule has 5 heteroatoms. The Morgan fingerprint density at radius 2 is 0.843 bits per heavy atom. The van der Waals surface area contributed by atoms with Crippen LogP contribution < -0.4 is 0 Å². The molecule has 238 valence electrons. The number of benzene rings is 8. The maximum atomic E-state index is 6.45. The quantitative estimate of drug-likeness (QED) is 0.185. The molecule has 0 bridgehead atoms. The molecule has 0 radical (unpaired) electrons. The minimum atomic E-state index is 0.613. The van der Waals surface area contributed by atoms with E-state index in [0.29, 0.717) is 23.4 Å². The lowest BCUT2D eigenvalue weighted by molar-refractivity contribution is 0.623. The molecule has 2 aromatic heterocycles. The van der Waals surface area contributed by atoms with Crippen molar-refractivity contribution < 1.29 is 4.42 Å². The first-order chi connectivity index (χ1) is 25.2. The van der Waals surface area contributed by atoms with E-state index in [0.717, 1.165) is 66.0 Å². The van der Waals surface area contributed by atoms with Gasteiger partial charge in [-0.1, -0.05) is 140 Å². The van der Waals surface area contributed by atoms with E-state index in [1.165, 1.54) is 10.8 Å². The second kappa shape index (κ2) is 11.9. The molecule has 0 aliphatic heterocycles. The normalized spacial score (nSPS) is 11.5. The van der Waals surface area contributed by atoms with Crippen LogP contribution in [0, 0.1) is 0 Å². The molecule has 0 saturated heterocycles. The summed E-state index contributed by atoms with van der Waals surface area (Å²) in [4.78, 5) is 20.0. The van der Waals surface area contributed by atoms with Crippen LogP contribution in [0.15, 0.2) is 174 Å². The summed E-state index contributed by atoms with van der Waals surface area (Å²) in [6, 6.07) is 58.4. The van der Waals surface area contributed by atoms with Crippen molar-refractivity contribution in [3.05, 3.63) is 170 Å². The SMILES string of the molecule is c1ccc(-c2nc3ccc4cccc(-c5ccc(-c6nc(-c7ccc8ccccc8c7)nc(-c7ccc8ccccc8c7)n6)cc5)c4c3o2)cc1. The Morgan fingerprint density at radius 3 is 1.49 bits per heavy atom. The fraction of sp³-hybridized carbons (Fsp3) is 0.